The lowest BCUT2D eigenvalue weighted by Crippen LogP contribution is -2.32. The standard InChI is InChI=1S/C23H19FN2O5/c1-9-11-3-2-10(7-27)18-13-6-26-17(20(13)25-16(19(11)18)5-15(9)24)4-12-14(22(26)29)8-31-23(30)21(12)28/h4-5,10,21,27-28H,2-3,6-8H2,1H3/t10-,21?/m0/s1. The lowest BCUT2D eigenvalue weighted by atomic mass is 9.78. The highest BCUT2D eigenvalue weighted by molar-refractivity contribution is 5.93. The van der Waals surface area contributed by atoms with Crippen LogP contribution >= 0.6 is 0 Å². The van der Waals surface area contributed by atoms with Crippen LogP contribution < -0.4 is 5.56 Å². The molecule has 158 valence electrons. The first-order valence-corrected chi connectivity index (χ1v) is 10.3. The second-order valence-electron chi connectivity index (χ2n) is 8.49. The molecular formula is C23H19FN2O5. The molecule has 3 aromatic rings. The van der Waals surface area contributed by atoms with E-state index in [0.29, 0.717) is 35.3 Å². The van der Waals surface area contributed by atoms with Gasteiger partial charge in [-0.1, -0.05) is 0 Å². The zero-order valence-electron chi connectivity index (χ0n) is 16.7. The van der Waals surface area contributed by atoms with Crippen LogP contribution in [0.15, 0.2) is 16.9 Å². The first kappa shape index (κ1) is 18.7. The Labute approximate surface area is 175 Å². The Hall–Kier alpha value is -3.10. The molecule has 0 bridgehead atoms. The normalized spacial score (nSPS) is 21.0. The number of ether oxygens (including phenoxy) is 1. The molecule has 2 atom stereocenters. The monoisotopic (exact) mass is 422 g/mol. The third kappa shape index (κ3) is 2.31. The van der Waals surface area contributed by atoms with Gasteiger partial charge in [-0.2, -0.15) is 0 Å². The van der Waals surface area contributed by atoms with Crippen LogP contribution in [0.3, 0.4) is 0 Å². The summed E-state index contributed by atoms with van der Waals surface area (Å²) in [6, 6.07) is 3.02. The maximum Gasteiger partial charge on any atom is 0.340 e. The van der Waals surface area contributed by atoms with Crippen molar-refractivity contribution in [2.75, 3.05) is 6.61 Å². The van der Waals surface area contributed by atoms with Crippen LogP contribution in [-0.2, 0) is 29.1 Å². The van der Waals surface area contributed by atoms with Crippen LogP contribution in [-0.4, -0.2) is 32.3 Å². The van der Waals surface area contributed by atoms with Crippen molar-refractivity contribution in [3.8, 4) is 11.4 Å². The van der Waals surface area contributed by atoms with Crippen molar-refractivity contribution in [2.45, 2.75) is 44.9 Å². The first-order chi connectivity index (χ1) is 14.9. The molecule has 0 fully saturated rings. The molecule has 2 aliphatic heterocycles. The summed E-state index contributed by atoms with van der Waals surface area (Å²) < 4.78 is 21.1. The molecule has 1 unspecified atom stereocenters. The molecule has 6 rings (SSSR count). The van der Waals surface area contributed by atoms with E-state index in [4.69, 9.17) is 9.72 Å². The topological polar surface area (TPSA) is 102 Å². The van der Waals surface area contributed by atoms with Gasteiger partial charge >= 0.3 is 5.97 Å². The molecule has 1 aliphatic carbocycles. The number of pyridine rings is 2. The number of aliphatic hydroxyl groups is 2. The molecule has 3 aliphatic rings. The predicted octanol–water partition coefficient (Wildman–Crippen LogP) is 1.99. The van der Waals surface area contributed by atoms with E-state index in [1.165, 1.54) is 6.07 Å². The van der Waals surface area contributed by atoms with E-state index in [2.05, 4.69) is 0 Å². The van der Waals surface area contributed by atoms with E-state index in [-0.39, 0.29) is 48.2 Å². The van der Waals surface area contributed by atoms with Crippen molar-refractivity contribution < 1.29 is 24.1 Å². The number of hydrogen-bond donors (Lipinski definition) is 2. The lowest BCUT2D eigenvalue weighted by molar-refractivity contribution is -0.157. The summed E-state index contributed by atoms with van der Waals surface area (Å²) in [6.07, 6.45) is -0.185. The minimum absolute atomic E-state index is 0.0514. The molecule has 2 aromatic heterocycles. The van der Waals surface area contributed by atoms with Crippen molar-refractivity contribution in [1.82, 2.24) is 9.55 Å². The van der Waals surface area contributed by atoms with Gasteiger partial charge < -0.3 is 19.5 Å². The molecule has 1 aromatic carbocycles. The van der Waals surface area contributed by atoms with Crippen LogP contribution in [0, 0.1) is 12.7 Å². The van der Waals surface area contributed by atoms with Gasteiger partial charge in [0.15, 0.2) is 6.10 Å². The second-order valence-corrected chi connectivity index (χ2v) is 8.49. The fourth-order valence-electron chi connectivity index (χ4n) is 5.38. The SMILES string of the molecule is Cc1c(F)cc2nc3c(c4c2c1CC[C@H]4CO)Cn1c-3cc2c(c1=O)COC(=O)C2O. The molecule has 31 heavy (non-hydrogen) atoms. The first-order valence-electron chi connectivity index (χ1n) is 10.3. The van der Waals surface area contributed by atoms with Crippen LogP contribution in [0.1, 0.15) is 51.8 Å². The Morgan fingerprint density at radius 1 is 1.26 bits per heavy atom. The Morgan fingerprint density at radius 2 is 2.06 bits per heavy atom. The fraction of sp³-hybridized carbons (Fsp3) is 0.348. The van der Waals surface area contributed by atoms with Crippen molar-refractivity contribution in [2.24, 2.45) is 0 Å². The summed E-state index contributed by atoms with van der Waals surface area (Å²) in [5.74, 6) is -1.26. The van der Waals surface area contributed by atoms with Crippen LogP contribution in [0.5, 0.6) is 0 Å². The summed E-state index contributed by atoms with van der Waals surface area (Å²) in [6.45, 7) is 1.79. The fourth-order valence-corrected chi connectivity index (χ4v) is 5.38. The van der Waals surface area contributed by atoms with Gasteiger partial charge in [0.05, 0.1) is 29.0 Å². The summed E-state index contributed by atoms with van der Waals surface area (Å²) in [5, 5.41) is 21.2. The number of aromatic nitrogens is 2. The Bertz CT molecular complexity index is 1390. The summed E-state index contributed by atoms with van der Waals surface area (Å²) in [7, 11) is 0. The number of nitrogens with zero attached hydrogens (tertiary/aromatic N) is 2. The largest absolute Gasteiger partial charge is 0.458 e. The number of halogens is 1. The van der Waals surface area contributed by atoms with E-state index < -0.39 is 12.1 Å². The maximum atomic E-state index is 14.6. The molecule has 0 radical (unpaired) electrons. The predicted molar refractivity (Wildman–Crippen MR) is 108 cm³/mol. The van der Waals surface area contributed by atoms with Crippen LogP contribution in [0.25, 0.3) is 22.3 Å². The molecule has 0 saturated heterocycles. The number of cyclic esters (lactones) is 1. The average Bonchev–Trinajstić information content (AvgIpc) is 3.13. The van der Waals surface area contributed by atoms with Crippen molar-refractivity contribution in [3.63, 3.8) is 0 Å². The number of aryl methyl sites for hydroxylation is 1. The minimum Gasteiger partial charge on any atom is -0.458 e. The summed E-state index contributed by atoms with van der Waals surface area (Å²) in [5.41, 5.74) is 4.89. The summed E-state index contributed by atoms with van der Waals surface area (Å²) >= 11 is 0. The van der Waals surface area contributed by atoms with E-state index >= 15 is 0 Å². The number of hydrogen-bond acceptors (Lipinski definition) is 6. The van der Waals surface area contributed by atoms with Crippen LogP contribution in [0.2, 0.25) is 0 Å². The van der Waals surface area contributed by atoms with E-state index in [1.807, 2.05) is 0 Å². The average molecular weight is 422 g/mol. The lowest BCUT2D eigenvalue weighted by Gasteiger charge is -2.28. The highest BCUT2D eigenvalue weighted by Gasteiger charge is 2.37. The molecule has 0 amide bonds. The highest BCUT2D eigenvalue weighted by atomic mass is 19.1. The molecule has 4 heterocycles. The second kappa shape index (κ2) is 6.21. The Balaban J connectivity index is 1.70. The highest BCUT2D eigenvalue weighted by Crippen LogP contribution is 2.45. The summed E-state index contributed by atoms with van der Waals surface area (Å²) in [4.78, 5) is 29.7. The van der Waals surface area contributed by atoms with Gasteiger partial charge in [-0.3, -0.25) is 4.79 Å². The Kier molecular flexibility index (Phi) is 3.74. The zero-order chi connectivity index (χ0) is 21.6. The van der Waals surface area contributed by atoms with Gasteiger partial charge in [0.25, 0.3) is 5.56 Å². The minimum atomic E-state index is -1.53. The number of benzene rings is 1. The van der Waals surface area contributed by atoms with Gasteiger partial charge in [-0.05, 0) is 42.5 Å². The molecule has 0 spiro atoms. The molecule has 2 N–H and O–H groups in total. The van der Waals surface area contributed by atoms with E-state index in [1.54, 1.807) is 17.6 Å². The smallest absolute Gasteiger partial charge is 0.340 e. The van der Waals surface area contributed by atoms with Gasteiger partial charge in [0.2, 0.25) is 0 Å². The number of carbonyl (C=O) groups is 1. The molecular weight excluding hydrogens is 403 g/mol. The number of rotatable bonds is 1. The van der Waals surface area contributed by atoms with Gasteiger partial charge in [0.1, 0.15) is 12.4 Å². The number of esters is 1. The maximum absolute atomic E-state index is 14.6. The quantitative estimate of drug-likeness (QED) is 0.455. The Morgan fingerprint density at radius 3 is 2.84 bits per heavy atom. The van der Waals surface area contributed by atoms with Gasteiger partial charge in [0, 0.05) is 35.1 Å². The van der Waals surface area contributed by atoms with Gasteiger partial charge in [-0.25, -0.2) is 14.2 Å². The number of carbonyl (C=O) groups excluding carboxylic acids is 1. The third-order valence-corrected chi connectivity index (χ3v) is 6.99. The molecule has 8 heteroatoms. The third-order valence-electron chi connectivity index (χ3n) is 6.99. The molecule has 0 saturated carbocycles. The van der Waals surface area contributed by atoms with Gasteiger partial charge in [-0.15, -0.1) is 0 Å². The zero-order valence-corrected chi connectivity index (χ0v) is 16.7. The molecule has 7 nitrogen and oxygen atoms in total. The van der Waals surface area contributed by atoms with E-state index in [0.717, 1.165) is 22.1 Å². The van der Waals surface area contributed by atoms with Crippen LogP contribution in [0.4, 0.5) is 4.39 Å². The number of fused-ring (bicyclic) bond motifs is 5. The number of aliphatic hydroxyl groups excluding tert-OH is 2. The van der Waals surface area contributed by atoms with Crippen molar-refractivity contribution in [3.05, 3.63) is 61.7 Å². The van der Waals surface area contributed by atoms with E-state index in [9.17, 15) is 24.2 Å². The van der Waals surface area contributed by atoms with Crippen molar-refractivity contribution in [1.29, 1.82) is 0 Å². The van der Waals surface area contributed by atoms with Crippen molar-refractivity contribution >= 4 is 16.9 Å².